The number of nitrogens with zero attached hydrogens (tertiary/aromatic N) is 2. The van der Waals surface area contributed by atoms with Crippen molar-refractivity contribution in [2.24, 2.45) is 0 Å². The Bertz CT molecular complexity index is 3160. The molecule has 346 valence electrons. The molecule has 0 radical (unpaired) electrons. The lowest BCUT2D eigenvalue weighted by molar-refractivity contribution is 0.281. The smallest absolute Gasteiger partial charge is 0.404 e. The Kier molecular flexibility index (Phi) is 12.1. The van der Waals surface area contributed by atoms with Gasteiger partial charge in [-0.05, 0) is 119 Å². The largest absolute Gasteiger partial charge is 0.524 e. The van der Waals surface area contributed by atoms with Crippen LogP contribution < -0.4 is 18.1 Å². The van der Waals surface area contributed by atoms with Crippen molar-refractivity contribution in [2.45, 2.75) is 0 Å². The van der Waals surface area contributed by atoms with Crippen LogP contribution in [0.3, 0.4) is 0 Å². The second-order valence-electron chi connectivity index (χ2n) is 14.9. The molecule has 9 rings (SSSR count). The summed E-state index contributed by atoms with van der Waals surface area (Å²) in [6.07, 6.45) is 6.79. The lowest BCUT2D eigenvalue weighted by Gasteiger charge is -2.11. The molecule has 0 atom stereocenters. The molecule has 0 unspecified atom stereocenters. The standard InChI is InChI=1S/C44H34N4O16P4/c49-65(50,51)61-29-9-1-5-25(21-29)41-33-13-15-35(45-33)42(26-6-2-10-30(22-26)62-66(52,53)54)37-17-19-39(47-37)44(28-8-4-12-32(24-28)64-68(58,59)60)40-20-18-38(48-40)43(36-16-14-34(41)46-36)27-7-3-11-31(23-27)63-67(55,56)57/h1-24,45,48H,(H2,49,50,51)(H2,52,53,54)(H2,55,56,57)(H2,58,59,60). The highest BCUT2D eigenvalue weighted by atomic mass is 31.2. The molecule has 68 heavy (non-hydrogen) atoms. The first-order valence-electron chi connectivity index (χ1n) is 19.7. The molecule has 0 saturated carbocycles. The molecule has 0 aliphatic carbocycles. The van der Waals surface area contributed by atoms with E-state index in [9.17, 15) is 57.4 Å². The third-order valence-corrected chi connectivity index (χ3v) is 11.9. The maximum atomic E-state index is 12.0. The molecule has 5 heterocycles. The predicted molar refractivity (Wildman–Crippen MR) is 251 cm³/mol. The zero-order valence-electron chi connectivity index (χ0n) is 34.4. The number of H-pyrrole nitrogens is 2. The van der Waals surface area contributed by atoms with Crippen molar-refractivity contribution >= 4 is 77.7 Å². The molecule has 20 nitrogen and oxygen atoms in total. The Labute approximate surface area is 383 Å². The van der Waals surface area contributed by atoms with Crippen LogP contribution in [0.15, 0.2) is 121 Å². The van der Waals surface area contributed by atoms with Gasteiger partial charge in [0.1, 0.15) is 23.0 Å². The maximum absolute atomic E-state index is 12.0. The topological polar surface area (TPSA) is 324 Å². The summed E-state index contributed by atoms with van der Waals surface area (Å²) >= 11 is 0. The molecule has 2 aliphatic heterocycles. The Hall–Kier alpha value is -6.72. The molecule has 4 aromatic carbocycles. The average Bonchev–Trinajstić information content (AvgIpc) is 4.07. The number of hydrogen-bond donors (Lipinski definition) is 10. The van der Waals surface area contributed by atoms with Crippen molar-refractivity contribution in [3.05, 3.63) is 144 Å². The van der Waals surface area contributed by atoms with Gasteiger partial charge in [-0.15, -0.1) is 0 Å². The van der Waals surface area contributed by atoms with E-state index < -0.39 is 31.3 Å². The van der Waals surface area contributed by atoms with E-state index >= 15 is 0 Å². The van der Waals surface area contributed by atoms with Crippen LogP contribution in [0.4, 0.5) is 0 Å². The third kappa shape index (κ3) is 10.7. The predicted octanol–water partition coefficient (Wildman–Crippen LogP) is 9.21. The number of nitrogens with one attached hydrogen (secondary N) is 2. The van der Waals surface area contributed by atoms with Gasteiger partial charge in [0.15, 0.2) is 0 Å². The number of aromatic amines is 2. The van der Waals surface area contributed by atoms with Crippen LogP contribution in [0, 0.1) is 0 Å². The summed E-state index contributed by atoms with van der Waals surface area (Å²) in [5.74, 6) is -0.627. The highest BCUT2D eigenvalue weighted by Gasteiger charge is 2.24. The first kappa shape index (κ1) is 46.4. The molecule has 7 aromatic rings. The molecule has 3 aromatic heterocycles. The van der Waals surface area contributed by atoms with Gasteiger partial charge >= 0.3 is 31.3 Å². The minimum atomic E-state index is -5.00. The summed E-state index contributed by atoms with van der Waals surface area (Å²) in [6.45, 7) is 0. The molecule has 0 fully saturated rings. The molecule has 2 aliphatic rings. The fraction of sp³-hybridized carbons (Fsp3) is 0. The normalized spacial score (nSPS) is 12.8. The summed E-state index contributed by atoms with van der Waals surface area (Å²) in [5.41, 5.74) is 6.28. The average molecular weight is 999 g/mol. The Morgan fingerprint density at radius 2 is 0.559 bits per heavy atom. The zero-order chi connectivity index (χ0) is 48.2. The second kappa shape index (κ2) is 17.7. The van der Waals surface area contributed by atoms with E-state index in [1.54, 1.807) is 72.8 Å². The highest BCUT2D eigenvalue weighted by Crippen LogP contribution is 2.45. The molecule has 24 heteroatoms. The Balaban J connectivity index is 1.43. The molecular formula is C44H34N4O16P4. The van der Waals surface area contributed by atoms with Crippen molar-refractivity contribution in [2.75, 3.05) is 0 Å². The van der Waals surface area contributed by atoms with Gasteiger partial charge in [0, 0.05) is 44.3 Å². The fourth-order valence-corrected chi connectivity index (χ4v) is 9.36. The number of benzene rings is 4. The van der Waals surface area contributed by atoms with Gasteiger partial charge in [0.2, 0.25) is 0 Å². The summed E-state index contributed by atoms with van der Waals surface area (Å²) in [7, 11) is -20.0. The van der Waals surface area contributed by atoms with E-state index in [0.717, 1.165) is 0 Å². The lowest BCUT2D eigenvalue weighted by atomic mass is 10.0. The van der Waals surface area contributed by atoms with Crippen molar-refractivity contribution in [3.8, 4) is 67.5 Å². The van der Waals surface area contributed by atoms with Crippen LogP contribution in [0.5, 0.6) is 23.0 Å². The monoisotopic (exact) mass is 998 g/mol. The summed E-state index contributed by atoms with van der Waals surface area (Å²) < 4.78 is 67.7. The SMILES string of the molecule is O=P(O)(O)Oc1cccc(-c2c3nc(c(-c4cccc(OP(=O)(O)O)c4)c4ccc([nH]4)c(-c4cccc(OP(=O)(O)O)c4)c4nc(c(-c5cccc(OP(=O)(O)O)c5)c5ccc2[nH]5)C=C4)C=C3)c1. The molecule has 0 saturated heterocycles. The number of phosphoric acid groups is 4. The summed E-state index contributed by atoms with van der Waals surface area (Å²) in [6, 6.07) is 30.9. The van der Waals surface area contributed by atoms with E-state index in [1.807, 2.05) is 0 Å². The van der Waals surface area contributed by atoms with E-state index in [2.05, 4.69) is 9.97 Å². The van der Waals surface area contributed by atoms with Gasteiger partial charge in [-0.1, -0.05) is 48.5 Å². The van der Waals surface area contributed by atoms with Gasteiger partial charge in [0.05, 0.1) is 22.8 Å². The minimum absolute atomic E-state index is 0.157. The summed E-state index contributed by atoms with van der Waals surface area (Å²) in [5, 5.41) is 0. The first-order valence-corrected chi connectivity index (χ1v) is 25.8. The molecule has 8 bridgehead atoms. The Morgan fingerprint density at radius 3 is 0.765 bits per heavy atom. The van der Waals surface area contributed by atoms with Crippen LogP contribution in [-0.2, 0) is 18.3 Å². The second-order valence-corrected chi connectivity index (χ2v) is 19.6. The summed E-state index contributed by atoms with van der Waals surface area (Å²) in [4.78, 5) is 94.5. The molecule has 0 amide bonds. The number of hydrogen-bond acceptors (Lipinski definition) is 10. The van der Waals surface area contributed by atoms with E-state index in [1.165, 1.54) is 72.8 Å². The molecular weight excluding hydrogens is 964 g/mol. The zero-order valence-corrected chi connectivity index (χ0v) is 38.0. The van der Waals surface area contributed by atoms with Gasteiger partial charge in [-0.3, -0.25) is 39.1 Å². The Morgan fingerprint density at radius 1 is 0.338 bits per heavy atom. The fourth-order valence-electron chi connectivity index (χ4n) is 7.80. The minimum Gasteiger partial charge on any atom is -0.404 e. The number of phosphoric ester groups is 4. The van der Waals surface area contributed by atoms with Crippen molar-refractivity contribution < 1.29 is 75.5 Å². The lowest BCUT2D eigenvalue weighted by Crippen LogP contribution is -1.93. The maximum Gasteiger partial charge on any atom is 0.524 e. The van der Waals surface area contributed by atoms with Crippen LogP contribution in [0.2, 0.25) is 0 Å². The molecule has 10 N–H and O–H groups in total. The van der Waals surface area contributed by atoms with E-state index in [0.29, 0.717) is 89.4 Å². The van der Waals surface area contributed by atoms with Crippen molar-refractivity contribution in [3.63, 3.8) is 0 Å². The van der Waals surface area contributed by atoms with Crippen LogP contribution >= 0.6 is 31.3 Å². The van der Waals surface area contributed by atoms with E-state index in [-0.39, 0.29) is 23.0 Å². The number of rotatable bonds is 12. The van der Waals surface area contributed by atoms with E-state index in [4.69, 9.17) is 28.1 Å². The first-order chi connectivity index (χ1) is 32.1. The van der Waals surface area contributed by atoms with Crippen LogP contribution in [-0.4, -0.2) is 59.1 Å². The number of fused-ring (bicyclic) bond motifs is 8. The van der Waals surface area contributed by atoms with Crippen LogP contribution in [0.25, 0.3) is 90.9 Å². The van der Waals surface area contributed by atoms with Crippen molar-refractivity contribution in [1.29, 1.82) is 0 Å². The quantitative estimate of drug-likeness (QED) is 0.0510. The van der Waals surface area contributed by atoms with Gasteiger partial charge in [-0.2, -0.15) is 0 Å². The number of aromatic nitrogens is 4. The van der Waals surface area contributed by atoms with Gasteiger partial charge in [0.25, 0.3) is 0 Å². The molecule has 0 spiro atoms. The van der Waals surface area contributed by atoms with Crippen LogP contribution in [0.1, 0.15) is 22.8 Å². The van der Waals surface area contributed by atoms with Crippen molar-refractivity contribution in [1.82, 2.24) is 19.9 Å². The van der Waals surface area contributed by atoms with Gasteiger partial charge in [-0.25, -0.2) is 28.2 Å². The third-order valence-electron chi connectivity index (χ3n) is 10.1. The van der Waals surface area contributed by atoms with Gasteiger partial charge < -0.3 is 28.1 Å². The highest BCUT2D eigenvalue weighted by molar-refractivity contribution is 7.47.